The average molecular weight is 240 g/mol. The summed E-state index contributed by atoms with van der Waals surface area (Å²) < 4.78 is 5.34. The second kappa shape index (κ2) is 3.61. The number of ether oxygens (including phenoxy) is 1. The smallest absolute Gasteiger partial charge is 0.408 e. The number of rotatable bonds is 2. The van der Waals surface area contributed by atoms with Crippen LogP contribution in [-0.4, -0.2) is 42.3 Å². The Bertz CT molecular complexity index is 323. The van der Waals surface area contributed by atoms with Gasteiger partial charge in [-0.25, -0.2) is 4.79 Å². The van der Waals surface area contributed by atoms with Gasteiger partial charge in [0.1, 0.15) is 5.60 Å². The zero-order chi connectivity index (χ0) is 12.9. The van der Waals surface area contributed by atoms with Crippen molar-refractivity contribution < 1.29 is 9.53 Å². The Labute approximate surface area is 104 Å². The molecule has 0 spiro atoms. The van der Waals surface area contributed by atoms with Gasteiger partial charge in [0.2, 0.25) is 0 Å². The summed E-state index contributed by atoms with van der Waals surface area (Å²) >= 11 is 0. The molecule has 1 saturated heterocycles. The number of likely N-dealkylation sites (tertiary alicyclic amines) is 1. The molecule has 4 heteroatoms. The Hall–Kier alpha value is -0.770. The maximum atomic E-state index is 11.8. The second-order valence-electron chi connectivity index (χ2n) is 6.94. The minimum Gasteiger partial charge on any atom is -0.444 e. The van der Waals surface area contributed by atoms with E-state index < -0.39 is 5.60 Å². The van der Waals surface area contributed by atoms with Crippen LogP contribution in [-0.2, 0) is 4.74 Å². The first-order valence-electron chi connectivity index (χ1n) is 6.36. The number of hydrogen-bond donors (Lipinski definition) is 1. The lowest BCUT2D eigenvalue weighted by Crippen LogP contribution is -2.64. The number of hydrogen-bond acceptors (Lipinski definition) is 3. The molecule has 2 fully saturated rings. The van der Waals surface area contributed by atoms with Gasteiger partial charge in [0.25, 0.3) is 0 Å². The molecule has 1 aliphatic carbocycles. The molecular formula is C13H24N2O2. The van der Waals surface area contributed by atoms with Crippen molar-refractivity contribution in [1.29, 1.82) is 0 Å². The van der Waals surface area contributed by atoms with Crippen molar-refractivity contribution in [2.75, 3.05) is 20.1 Å². The molecule has 0 unspecified atom stereocenters. The van der Waals surface area contributed by atoms with Gasteiger partial charge in [-0.15, -0.1) is 0 Å². The number of carbonyl (C=O) groups excluding carboxylic acids is 1. The van der Waals surface area contributed by atoms with Crippen LogP contribution in [0, 0.1) is 5.41 Å². The average Bonchev–Trinajstić information content (AvgIpc) is 2.79. The summed E-state index contributed by atoms with van der Waals surface area (Å²) in [5, 5.41) is 3.10. The van der Waals surface area contributed by atoms with Crippen molar-refractivity contribution in [3.05, 3.63) is 0 Å². The molecule has 17 heavy (non-hydrogen) atoms. The third kappa shape index (κ3) is 2.41. The van der Waals surface area contributed by atoms with Crippen LogP contribution in [0.15, 0.2) is 0 Å². The van der Waals surface area contributed by atoms with Crippen LogP contribution < -0.4 is 5.32 Å². The van der Waals surface area contributed by atoms with Crippen molar-refractivity contribution in [2.45, 2.75) is 51.7 Å². The Morgan fingerprint density at radius 3 is 2.18 bits per heavy atom. The van der Waals surface area contributed by atoms with E-state index in [0.29, 0.717) is 0 Å². The van der Waals surface area contributed by atoms with Crippen LogP contribution >= 0.6 is 0 Å². The Kier molecular flexibility index (Phi) is 2.69. The van der Waals surface area contributed by atoms with Gasteiger partial charge in [0.05, 0.1) is 5.54 Å². The third-order valence-electron chi connectivity index (χ3n) is 3.88. The van der Waals surface area contributed by atoms with Crippen molar-refractivity contribution in [3.63, 3.8) is 0 Å². The quantitative estimate of drug-likeness (QED) is 0.802. The van der Waals surface area contributed by atoms with Gasteiger partial charge in [0.15, 0.2) is 0 Å². The normalized spacial score (nSPS) is 25.9. The van der Waals surface area contributed by atoms with E-state index in [4.69, 9.17) is 4.74 Å². The highest BCUT2D eigenvalue weighted by molar-refractivity contribution is 5.69. The topological polar surface area (TPSA) is 41.6 Å². The summed E-state index contributed by atoms with van der Waals surface area (Å²) in [5.74, 6) is 0. The molecular weight excluding hydrogens is 216 g/mol. The fourth-order valence-corrected chi connectivity index (χ4v) is 2.95. The SMILES string of the molecule is CN1CC(C)(C2(NC(=O)OC(C)(C)C)CC2)C1. The molecule has 2 rings (SSSR count). The molecule has 1 heterocycles. The predicted molar refractivity (Wildman–Crippen MR) is 66.9 cm³/mol. The molecule has 1 N–H and O–H groups in total. The van der Waals surface area contributed by atoms with Crippen molar-refractivity contribution >= 4 is 6.09 Å². The van der Waals surface area contributed by atoms with Gasteiger partial charge in [-0.05, 0) is 40.7 Å². The van der Waals surface area contributed by atoms with Gasteiger partial charge >= 0.3 is 6.09 Å². The number of carbonyl (C=O) groups is 1. The van der Waals surface area contributed by atoms with E-state index in [0.717, 1.165) is 25.9 Å². The summed E-state index contributed by atoms with van der Waals surface area (Å²) in [6, 6.07) is 0. The maximum Gasteiger partial charge on any atom is 0.408 e. The minimum atomic E-state index is -0.419. The molecule has 0 aromatic carbocycles. The van der Waals surface area contributed by atoms with Crippen LogP contribution in [0.1, 0.15) is 40.5 Å². The lowest BCUT2D eigenvalue weighted by atomic mass is 9.73. The van der Waals surface area contributed by atoms with Gasteiger partial charge in [-0.2, -0.15) is 0 Å². The maximum absolute atomic E-state index is 11.8. The van der Waals surface area contributed by atoms with E-state index in [-0.39, 0.29) is 17.0 Å². The summed E-state index contributed by atoms with van der Waals surface area (Å²) in [7, 11) is 2.12. The van der Waals surface area contributed by atoms with E-state index in [2.05, 4.69) is 24.2 Å². The van der Waals surface area contributed by atoms with Crippen LogP contribution in [0.25, 0.3) is 0 Å². The molecule has 0 aromatic rings. The highest BCUT2D eigenvalue weighted by Crippen LogP contribution is 2.54. The molecule has 0 aromatic heterocycles. The largest absolute Gasteiger partial charge is 0.444 e. The van der Waals surface area contributed by atoms with Crippen LogP contribution in [0.4, 0.5) is 4.79 Å². The summed E-state index contributed by atoms with van der Waals surface area (Å²) in [6.45, 7) is 10.1. The molecule has 1 saturated carbocycles. The molecule has 4 nitrogen and oxygen atoms in total. The third-order valence-corrected chi connectivity index (χ3v) is 3.88. The number of alkyl carbamates (subject to hydrolysis) is 1. The summed E-state index contributed by atoms with van der Waals surface area (Å²) in [4.78, 5) is 14.1. The van der Waals surface area contributed by atoms with E-state index >= 15 is 0 Å². The molecule has 1 aliphatic heterocycles. The first kappa shape index (κ1) is 12.7. The van der Waals surface area contributed by atoms with Gasteiger partial charge in [0, 0.05) is 18.5 Å². The molecule has 1 amide bonds. The number of nitrogens with one attached hydrogen (secondary N) is 1. The highest BCUT2D eigenvalue weighted by atomic mass is 16.6. The summed E-state index contributed by atoms with van der Waals surface area (Å²) in [6.07, 6.45) is 1.89. The lowest BCUT2D eigenvalue weighted by molar-refractivity contribution is -0.0136. The van der Waals surface area contributed by atoms with Crippen molar-refractivity contribution in [2.24, 2.45) is 5.41 Å². The molecule has 98 valence electrons. The zero-order valence-electron chi connectivity index (χ0n) is 11.6. The fourth-order valence-electron chi connectivity index (χ4n) is 2.95. The van der Waals surface area contributed by atoms with Gasteiger partial charge in [-0.1, -0.05) is 6.92 Å². The zero-order valence-corrected chi connectivity index (χ0v) is 11.6. The Morgan fingerprint density at radius 1 is 1.29 bits per heavy atom. The predicted octanol–water partition coefficient (Wildman–Crippen LogP) is 2.00. The number of amides is 1. The number of nitrogens with zero attached hydrogens (tertiary/aromatic N) is 1. The van der Waals surface area contributed by atoms with Crippen LogP contribution in [0.5, 0.6) is 0 Å². The van der Waals surface area contributed by atoms with Crippen LogP contribution in [0.3, 0.4) is 0 Å². The monoisotopic (exact) mass is 240 g/mol. The molecule has 0 bridgehead atoms. The van der Waals surface area contributed by atoms with E-state index in [1.165, 1.54) is 0 Å². The van der Waals surface area contributed by atoms with Gasteiger partial charge < -0.3 is 15.0 Å². The first-order valence-corrected chi connectivity index (χ1v) is 6.36. The molecule has 0 radical (unpaired) electrons. The van der Waals surface area contributed by atoms with Crippen molar-refractivity contribution in [3.8, 4) is 0 Å². The fraction of sp³-hybridized carbons (Fsp3) is 0.923. The summed E-state index contributed by atoms with van der Waals surface area (Å²) in [5.41, 5.74) is -0.210. The van der Waals surface area contributed by atoms with Crippen LogP contribution in [0.2, 0.25) is 0 Å². The molecule has 0 atom stereocenters. The Morgan fingerprint density at radius 2 is 1.82 bits per heavy atom. The second-order valence-corrected chi connectivity index (χ2v) is 6.94. The standard InChI is InChI=1S/C13H24N2O2/c1-11(2,3)17-10(16)14-13(6-7-13)12(4)8-15(5)9-12/h6-9H2,1-5H3,(H,14,16). The van der Waals surface area contributed by atoms with Crippen molar-refractivity contribution in [1.82, 2.24) is 10.2 Å². The Balaban J connectivity index is 1.93. The first-order chi connectivity index (χ1) is 7.66. The lowest BCUT2D eigenvalue weighted by Gasteiger charge is -2.51. The highest BCUT2D eigenvalue weighted by Gasteiger charge is 2.62. The molecule has 2 aliphatic rings. The van der Waals surface area contributed by atoms with E-state index in [1.807, 2.05) is 20.8 Å². The minimum absolute atomic E-state index is 0.0121. The van der Waals surface area contributed by atoms with E-state index in [1.54, 1.807) is 0 Å². The van der Waals surface area contributed by atoms with E-state index in [9.17, 15) is 4.79 Å². The van der Waals surface area contributed by atoms with Gasteiger partial charge in [-0.3, -0.25) is 0 Å².